The van der Waals surface area contributed by atoms with Gasteiger partial charge in [-0.1, -0.05) is 6.92 Å². The van der Waals surface area contributed by atoms with Gasteiger partial charge in [-0.05, 0) is 38.3 Å². The minimum absolute atomic E-state index is 0.558. The van der Waals surface area contributed by atoms with Crippen molar-refractivity contribution in [3.63, 3.8) is 0 Å². The molecule has 112 valence electrons. The zero-order chi connectivity index (χ0) is 13.9. The molecule has 1 saturated heterocycles. The van der Waals surface area contributed by atoms with Crippen molar-refractivity contribution in [1.82, 2.24) is 15.6 Å². The van der Waals surface area contributed by atoms with Crippen LogP contribution >= 0.6 is 0 Å². The number of hydrogen-bond donors (Lipinski definition) is 3. The molecule has 1 aliphatic heterocycles. The molecule has 1 unspecified atom stereocenters. The maximum Gasteiger partial charge on any atom is 0.205 e. The summed E-state index contributed by atoms with van der Waals surface area (Å²) >= 11 is 0. The van der Waals surface area contributed by atoms with E-state index in [0.717, 1.165) is 32.7 Å². The van der Waals surface area contributed by atoms with Crippen molar-refractivity contribution in [2.24, 2.45) is 16.8 Å². The highest BCUT2D eigenvalue weighted by molar-refractivity contribution is 5.79. The van der Waals surface area contributed by atoms with Crippen molar-refractivity contribution >= 4 is 5.96 Å². The van der Waals surface area contributed by atoms with E-state index in [1.54, 1.807) is 7.11 Å². The van der Waals surface area contributed by atoms with Gasteiger partial charge in [0, 0.05) is 33.4 Å². The molecule has 4 N–H and O–H groups in total. The van der Waals surface area contributed by atoms with Gasteiger partial charge in [-0.3, -0.25) is 10.4 Å². The van der Waals surface area contributed by atoms with Crippen LogP contribution in [0.15, 0.2) is 4.99 Å². The summed E-state index contributed by atoms with van der Waals surface area (Å²) in [5.41, 5.74) is 2.61. The first-order valence-electron chi connectivity index (χ1n) is 7.22. The Morgan fingerprint density at radius 2 is 2.16 bits per heavy atom. The molecule has 0 saturated carbocycles. The number of hydrazine groups is 1. The fourth-order valence-electron chi connectivity index (χ4n) is 2.29. The summed E-state index contributed by atoms with van der Waals surface area (Å²) in [6.45, 7) is 8.21. The van der Waals surface area contributed by atoms with Gasteiger partial charge in [-0.2, -0.15) is 0 Å². The molecule has 0 radical (unpaired) electrons. The van der Waals surface area contributed by atoms with E-state index in [1.807, 2.05) is 0 Å². The number of nitrogens with one attached hydrogen (secondary N) is 2. The Bertz CT molecular complexity index is 253. The highest BCUT2D eigenvalue weighted by Gasteiger charge is 2.14. The monoisotopic (exact) mass is 271 g/mol. The summed E-state index contributed by atoms with van der Waals surface area (Å²) in [5, 5.41) is 3.17. The third-order valence-electron chi connectivity index (χ3n) is 3.28. The van der Waals surface area contributed by atoms with E-state index in [1.165, 1.54) is 25.9 Å². The maximum absolute atomic E-state index is 5.45. The number of methoxy groups -OCH3 is 1. The molecule has 19 heavy (non-hydrogen) atoms. The minimum atomic E-state index is 0.558. The van der Waals surface area contributed by atoms with E-state index in [9.17, 15) is 0 Å². The summed E-state index contributed by atoms with van der Waals surface area (Å²) in [7, 11) is 1.70. The Morgan fingerprint density at radius 3 is 2.79 bits per heavy atom. The first-order chi connectivity index (χ1) is 9.26. The van der Waals surface area contributed by atoms with Crippen LogP contribution in [0.3, 0.4) is 0 Å². The average Bonchev–Trinajstić information content (AvgIpc) is 2.91. The number of guanidine groups is 1. The third-order valence-corrected chi connectivity index (χ3v) is 3.28. The lowest BCUT2D eigenvalue weighted by molar-refractivity contribution is 0.195. The van der Waals surface area contributed by atoms with Crippen LogP contribution in [0.1, 0.15) is 26.2 Å². The molecule has 1 heterocycles. The molecule has 1 rings (SSSR count). The van der Waals surface area contributed by atoms with Crippen LogP contribution in [0.25, 0.3) is 0 Å². The largest absolute Gasteiger partial charge is 0.385 e. The van der Waals surface area contributed by atoms with Crippen LogP contribution in [0, 0.1) is 5.92 Å². The Morgan fingerprint density at radius 1 is 1.42 bits per heavy atom. The van der Waals surface area contributed by atoms with Crippen LogP contribution in [-0.4, -0.2) is 57.3 Å². The average molecular weight is 271 g/mol. The number of likely N-dealkylation sites (tertiary alicyclic amines) is 1. The second-order valence-electron chi connectivity index (χ2n) is 5.22. The SMILES string of the molecule is COCCCNC(=NCC(C)CN1CCCC1)NN. The number of ether oxygens (including phenoxy) is 1. The fraction of sp³-hybridized carbons (Fsp3) is 0.923. The minimum Gasteiger partial charge on any atom is -0.385 e. The Kier molecular flexibility index (Phi) is 8.53. The van der Waals surface area contributed by atoms with Gasteiger partial charge >= 0.3 is 0 Å². The maximum atomic E-state index is 5.45. The number of rotatable bonds is 8. The van der Waals surface area contributed by atoms with Crippen molar-refractivity contribution in [3.05, 3.63) is 0 Å². The second kappa shape index (κ2) is 10.00. The third kappa shape index (κ3) is 7.34. The van der Waals surface area contributed by atoms with Crippen LogP contribution in [0.2, 0.25) is 0 Å². The molecule has 1 atom stereocenters. The van der Waals surface area contributed by atoms with Crippen LogP contribution in [0.5, 0.6) is 0 Å². The number of nitrogens with zero attached hydrogens (tertiary/aromatic N) is 2. The molecule has 0 aromatic rings. The Labute approximate surface area is 116 Å². The number of nitrogens with two attached hydrogens (primary N) is 1. The summed E-state index contributed by atoms with van der Waals surface area (Å²) in [6.07, 6.45) is 3.62. The lowest BCUT2D eigenvalue weighted by atomic mass is 10.2. The Balaban J connectivity index is 2.18. The molecule has 0 aromatic carbocycles. The van der Waals surface area contributed by atoms with Gasteiger partial charge in [0.15, 0.2) is 0 Å². The molecular formula is C13H29N5O. The van der Waals surface area contributed by atoms with E-state index >= 15 is 0 Å². The van der Waals surface area contributed by atoms with Gasteiger partial charge in [-0.25, -0.2) is 5.84 Å². The summed E-state index contributed by atoms with van der Waals surface area (Å²) in [4.78, 5) is 7.00. The van der Waals surface area contributed by atoms with Crippen molar-refractivity contribution in [2.45, 2.75) is 26.2 Å². The van der Waals surface area contributed by atoms with Gasteiger partial charge in [0.25, 0.3) is 0 Å². The first-order valence-corrected chi connectivity index (χ1v) is 7.22. The van der Waals surface area contributed by atoms with E-state index in [4.69, 9.17) is 10.6 Å². The van der Waals surface area contributed by atoms with Crippen LogP contribution in [0.4, 0.5) is 0 Å². The molecule has 0 spiro atoms. The van der Waals surface area contributed by atoms with Gasteiger partial charge in [0.2, 0.25) is 5.96 Å². The lowest BCUT2D eigenvalue weighted by Gasteiger charge is -2.19. The van der Waals surface area contributed by atoms with Gasteiger partial charge in [0.1, 0.15) is 0 Å². The van der Waals surface area contributed by atoms with Crippen molar-refractivity contribution in [1.29, 1.82) is 0 Å². The lowest BCUT2D eigenvalue weighted by Crippen LogP contribution is -2.42. The molecule has 1 aliphatic rings. The van der Waals surface area contributed by atoms with Crippen molar-refractivity contribution in [2.75, 3.05) is 46.4 Å². The van der Waals surface area contributed by atoms with Gasteiger partial charge in [-0.15, -0.1) is 0 Å². The zero-order valence-corrected chi connectivity index (χ0v) is 12.3. The standard InChI is InChI=1S/C13H29N5O/c1-12(11-18-7-3-4-8-18)10-16-13(17-14)15-6-5-9-19-2/h12H,3-11,14H2,1-2H3,(H2,15,16,17). The quantitative estimate of drug-likeness (QED) is 0.193. The molecule has 0 aliphatic carbocycles. The van der Waals surface area contributed by atoms with E-state index in [2.05, 4.69) is 27.6 Å². The van der Waals surface area contributed by atoms with Crippen molar-refractivity contribution < 1.29 is 4.74 Å². The highest BCUT2D eigenvalue weighted by atomic mass is 16.5. The first kappa shape index (κ1) is 16.2. The van der Waals surface area contributed by atoms with Crippen molar-refractivity contribution in [3.8, 4) is 0 Å². The number of aliphatic imine (C=N–C) groups is 1. The molecule has 6 nitrogen and oxygen atoms in total. The number of hydrogen-bond acceptors (Lipinski definition) is 4. The van der Waals surface area contributed by atoms with Crippen LogP contribution < -0.4 is 16.6 Å². The zero-order valence-electron chi connectivity index (χ0n) is 12.3. The summed E-state index contributed by atoms with van der Waals surface area (Å²) in [5.74, 6) is 6.68. The molecule has 6 heteroatoms. The van der Waals surface area contributed by atoms with Gasteiger partial charge in [0.05, 0.1) is 0 Å². The molecule has 0 aromatic heterocycles. The predicted molar refractivity (Wildman–Crippen MR) is 79.0 cm³/mol. The van der Waals surface area contributed by atoms with E-state index in [0.29, 0.717) is 11.9 Å². The molecular weight excluding hydrogens is 242 g/mol. The summed E-state index contributed by atoms with van der Waals surface area (Å²) in [6, 6.07) is 0. The fourth-order valence-corrected chi connectivity index (χ4v) is 2.29. The summed E-state index contributed by atoms with van der Waals surface area (Å²) < 4.78 is 4.99. The predicted octanol–water partition coefficient (Wildman–Crippen LogP) is 0.164. The molecule has 0 amide bonds. The van der Waals surface area contributed by atoms with E-state index < -0.39 is 0 Å². The van der Waals surface area contributed by atoms with Crippen LogP contribution in [-0.2, 0) is 4.74 Å². The highest BCUT2D eigenvalue weighted by Crippen LogP contribution is 2.10. The van der Waals surface area contributed by atoms with Gasteiger partial charge < -0.3 is 15.0 Å². The van der Waals surface area contributed by atoms with E-state index in [-0.39, 0.29) is 0 Å². The Hall–Kier alpha value is -0.850. The normalized spacial score (nSPS) is 18.6. The smallest absolute Gasteiger partial charge is 0.205 e. The molecule has 0 bridgehead atoms. The molecule has 1 fully saturated rings. The second-order valence-corrected chi connectivity index (χ2v) is 5.22. The topological polar surface area (TPSA) is 74.9 Å².